The van der Waals surface area contributed by atoms with Gasteiger partial charge in [0.1, 0.15) is 5.82 Å². The van der Waals surface area contributed by atoms with E-state index in [0.29, 0.717) is 6.42 Å². The maximum absolute atomic E-state index is 12.9. The number of halogens is 1. The van der Waals surface area contributed by atoms with E-state index in [4.69, 9.17) is 0 Å². The minimum absolute atomic E-state index is 0.00415. The number of aromatic nitrogens is 2. The lowest BCUT2D eigenvalue weighted by Gasteiger charge is -2.17. The summed E-state index contributed by atoms with van der Waals surface area (Å²) in [5.74, 6) is -0.532. The van der Waals surface area contributed by atoms with Gasteiger partial charge in [0.05, 0.1) is 4.90 Å². The highest BCUT2D eigenvalue weighted by atomic mass is 32.2. The van der Waals surface area contributed by atoms with Crippen molar-refractivity contribution in [3.8, 4) is 0 Å². The van der Waals surface area contributed by atoms with Crippen molar-refractivity contribution < 1.29 is 17.6 Å². The van der Waals surface area contributed by atoms with Crippen LogP contribution < -0.4 is 10.9 Å². The third-order valence-corrected chi connectivity index (χ3v) is 5.57. The van der Waals surface area contributed by atoms with E-state index in [1.807, 2.05) is 19.9 Å². The van der Waals surface area contributed by atoms with E-state index in [0.717, 1.165) is 27.8 Å². The molecule has 146 valence electrons. The standard InChI is InChI=1S/C17H22FN5O3S/c1-12-11-13(2)20-17(19-12)22-21-16(24)5-4-10-23(3)27(25,26)15-8-6-14(18)7-9-15/h6-9,11H,4-5,10H2,1-3H3,(H,21,24)(H,19,20,22). The van der Waals surface area contributed by atoms with Crippen molar-refractivity contribution in [3.63, 3.8) is 0 Å². The monoisotopic (exact) mass is 395 g/mol. The maximum atomic E-state index is 12.9. The van der Waals surface area contributed by atoms with Gasteiger partial charge in [-0.25, -0.2) is 27.1 Å². The fourth-order valence-electron chi connectivity index (χ4n) is 2.34. The number of aryl methyl sites for hydroxylation is 2. The minimum atomic E-state index is -3.72. The second-order valence-corrected chi connectivity index (χ2v) is 8.08. The second-order valence-electron chi connectivity index (χ2n) is 6.03. The Bertz CT molecular complexity index is 883. The highest BCUT2D eigenvalue weighted by Gasteiger charge is 2.20. The van der Waals surface area contributed by atoms with Gasteiger partial charge in [0.15, 0.2) is 0 Å². The Kier molecular flexibility index (Phi) is 6.81. The van der Waals surface area contributed by atoms with Crippen LogP contribution in [0.3, 0.4) is 0 Å². The van der Waals surface area contributed by atoms with Crippen LogP contribution in [0.2, 0.25) is 0 Å². The maximum Gasteiger partial charge on any atom is 0.242 e. The molecule has 10 heteroatoms. The van der Waals surface area contributed by atoms with Crippen molar-refractivity contribution >= 4 is 21.9 Å². The number of rotatable bonds is 8. The molecule has 1 amide bonds. The fraction of sp³-hybridized carbons (Fsp3) is 0.353. The molecule has 0 aliphatic carbocycles. The van der Waals surface area contributed by atoms with Crippen molar-refractivity contribution in [2.75, 3.05) is 19.0 Å². The van der Waals surface area contributed by atoms with E-state index in [2.05, 4.69) is 20.8 Å². The lowest BCUT2D eigenvalue weighted by Crippen LogP contribution is -2.32. The largest absolute Gasteiger partial charge is 0.273 e. The number of sulfonamides is 1. The van der Waals surface area contributed by atoms with Crippen molar-refractivity contribution in [2.24, 2.45) is 0 Å². The summed E-state index contributed by atoms with van der Waals surface area (Å²) in [7, 11) is -2.30. The van der Waals surface area contributed by atoms with E-state index in [1.165, 1.54) is 19.2 Å². The molecule has 0 saturated carbocycles. The molecule has 0 radical (unpaired) electrons. The molecule has 0 fully saturated rings. The first kappa shape index (κ1) is 20.7. The first-order valence-electron chi connectivity index (χ1n) is 8.27. The predicted octanol–water partition coefficient (Wildman–Crippen LogP) is 1.78. The molecule has 1 aromatic heterocycles. The summed E-state index contributed by atoms with van der Waals surface area (Å²) in [6, 6.07) is 6.41. The quantitative estimate of drug-likeness (QED) is 0.660. The van der Waals surface area contributed by atoms with Gasteiger partial charge in [-0.15, -0.1) is 0 Å². The van der Waals surface area contributed by atoms with Gasteiger partial charge in [-0.05, 0) is 50.6 Å². The third kappa shape index (κ3) is 5.97. The van der Waals surface area contributed by atoms with Gasteiger partial charge in [0.25, 0.3) is 0 Å². The Labute approximate surface area is 157 Å². The molecule has 0 bridgehead atoms. The number of hydrogen-bond donors (Lipinski definition) is 2. The summed E-state index contributed by atoms with van der Waals surface area (Å²) in [5, 5.41) is 0. The molecule has 2 aromatic rings. The summed E-state index contributed by atoms with van der Waals surface area (Å²) in [5.41, 5.74) is 6.66. The van der Waals surface area contributed by atoms with Crippen molar-refractivity contribution in [3.05, 3.63) is 47.5 Å². The third-order valence-electron chi connectivity index (χ3n) is 3.69. The van der Waals surface area contributed by atoms with Gasteiger partial charge in [-0.1, -0.05) is 0 Å². The first-order valence-corrected chi connectivity index (χ1v) is 9.71. The average molecular weight is 395 g/mol. The molecular formula is C17H22FN5O3S. The van der Waals surface area contributed by atoms with Crippen LogP contribution in [0, 0.1) is 19.7 Å². The summed E-state index contributed by atoms with van der Waals surface area (Å²) in [6.07, 6.45) is 0.430. The van der Waals surface area contributed by atoms with Gasteiger partial charge < -0.3 is 0 Å². The van der Waals surface area contributed by atoms with Gasteiger partial charge in [-0.3, -0.25) is 15.6 Å². The summed E-state index contributed by atoms with van der Waals surface area (Å²) in [6.45, 7) is 3.78. The molecule has 8 nitrogen and oxygen atoms in total. The number of nitrogens with one attached hydrogen (secondary N) is 2. The lowest BCUT2D eigenvalue weighted by atomic mass is 10.3. The van der Waals surface area contributed by atoms with Crippen LogP contribution in [0.4, 0.5) is 10.3 Å². The Hall–Kier alpha value is -2.59. The van der Waals surface area contributed by atoms with Crippen molar-refractivity contribution in [2.45, 2.75) is 31.6 Å². The second kappa shape index (κ2) is 8.87. The molecule has 27 heavy (non-hydrogen) atoms. The van der Waals surface area contributed by atoms with Crippen LogP contribution in [0.15, 0.2) is 35.2 Å². The first-order chi connectivity index (χ1) is 12.7. The molecule has 0 aliphatic heterocycles. The van der Waals surface area contributed by atoms with Crippen LogP contribution >= 0.6 is 0 Å². The molecule has 1 heterocycles. The van der Waals surface area contributed by atoms with E-state index >= 15 is 0 Å². The zero-order valence-electron chi connectivity index (χ0n) is 15.4. The zero-order valence-corrected chi connectivity index (χ0v) is 16.2. The number of carbonyl (C=O) groups excluding carboxylic acids is 1. The van der Waals surface area contributed by atoms with Crippen molar-refractivity contribution in [1.29, 1.82) is 0 Å². The number of carbonyl (C=O) groups is 1. The molecule has 0 unspecified atom stereocenters. The Balaban J connectivity index is 1.80. The van der Waals surface area contributed by atoms with Gasteiger partial charge >= 0.3 is 0 Å². The molecule has 0 spiro atoms. The smallest absolute Gasteiger partial charge is 0.242 e. The number of benzene rings is 1. The van der Waals surface area contributed by atoms with E-state index < -0.39 is 15.8 Å². The molecule has 0 aliphatic rings. The summed E-state index contributed by atoms with van der Waals surface area (Å²) >= 11 is 0. The van der Waals surface area contributed by atoms with Gasteiger partial charge in [0, 0.05) is 31.4 Å². The minimum Gasteiger partial charge on any atom is -0.273 e. The number of anilines is 1. The fourth-order valence-corrected chi connectivity index (χ4v) is 3.55. The SMILES string of the molecule is Cc1cc(C)nc(NNC(=O)CCCN(C)S(=O)(=O)c2ccc(F)cc2)n1. The van der Waals surface area contributed by atoms with Gasteiger partial charge in [-0.2, -0.15) is 0 Å². The predicted molar refractivity (Wildman–Crippen MR) is 98.7 cm³/mol. The molecule has 0 atom stereocenters. The van der Waals surface area contributed by atoms with Crippen LogP contribution in [-0.4, -0.2) is 42.2 Å². The Morgan fingerprint density at radius 3 is 2.33 bits per heavy atom. The van der Waals surface area contributed by atoms with E-state index in [9.17, 15) is 17.6 Å². The highest BCUT2D eigenvalue weighted by molar-refractivity contribution is 7.89. The number of hydrogen-bond acceptors (Lipinski definition) is 6. The molecule has 2 rings (SSSR count). The zero-order chi connectivity index (χ0) is 20.0. The topological polar surface area (TPSA) is 104 Å². The molecular weight excluding hydrogens is 373 g/mol. The Morgan fingerprint density at radius 2 is 1.74 bits per heavy atom. The van der Waals surface area contributed by atoms with E-state index in [1.54, 1.807) is 0 Å². The van der Waals surface area contributed by atoms with E-state index in [-0.39, 0.29) is 29.7 Å². The number of hydrazine groups is 1. The molecule has 1 aromatic carbocycles. The summed E-state index contributed by atoms with van der Waals surface area (Å²) in [4.78, 5) is 20.2. The van der Waals surface area contributed by atoms with Crippen molar-refractivity contribution in [1.82, 2.24) is 19.7 Å². The average Bonchev–Trinajstić information content (AvgIpc) is 2.59. The molecule has 0 saturated heterocycles. The Morgan fingerprint density at radius 1 is 1.15 bits per heavy atom. The highest BCUT2D eigenvalue weighted by Crippen LogP contribution is 2.15. The molecule has 2 N–H and O–H groups in total. The van der Waals surface area contributed by atoms with Crippen LogP contribution in [0.25, 0.3) is 0 Å². The van der Waals surface area contributed by atoms with Crippen LogP contribution in [0.1, 0.15) is 24.2 Å². The van der Waals surface area contributed by atoms with Crippen LogP contribution in [0.5, 0.6) is 0 Å². The lowest BCUT2D eigenvalue weighted by molar-refractivity contribution is -0.120. The number of nitrogens with zero attached hydrogens (tertiary/aromatic N) is 3. The number of amides is 1. The normalized spacial score (nSPS) is 11.4. The van der Waals surface area contributed by atoms with Gasteiger partial charge in [0.2, 0.25) is 21.9 Å². The summed E-state index contributed by atoms with van der Waals surface area (Å²) < 4.78 is 38.8. The van der Waals surface area contributed by atoms with Crippen LogP contribution in [-0.2, 0) is 14.8 Å².